The largest absolute Gasteiger partial charge is 0.464 e. The lowest BCUT2D eigenvalue weighted by atomic mass is 10.0. The maximum absolute atomic E-state index is 13.5. The number of hydrogen-bond donors (Lipinski definition) is 2. The molecule has 1 fully saturated rings. The Balaban J connectivity index is 0.000000717. The normalized spacial score (nSPS) is 19.4. The van der Waals surface area contributed by atoms with Crippen LogP contribution in [0.15, 0.2) is 35.5 Å². The molecule has 37 heavy (non-hydrogen) atoms. The van der Waals surface area contributed by atoms with Crippen molar-refractivity contribution in [2.45, 2.75) is 77.6 Å². The van der Waals surface area contributed by atoms with Crippen molar-refractivity contribution in [1.82, 2.24) is 4.57 Å². The van der Waals surface area contributed by atoms with Crippen molar-refractivity contribution in [2.75, 3.05) is 14.2 Å². The summed E-state index contributed by atoms with van der Waals surface area (Å²) in [7, 11) is 2.78. The summed E-state index contributed by atoms with van der Waals surface area (Å²) in [5.41, 5.74) is 1.31. The van der Waals surface area contributed by atoms with Gasteiger partial charge in [0.05, 0.1) is 13.2 Å². The third-order valence-corrected chi connectivity index (χ3v) is 6.01. The molecule has 1 aliphatic heterocycles. The van der Waals surface area contributed by atoms with Crippen molar-refractivity contribution in [3.05, 3.63) is 58.0 Å². The molecule has 204 valence electrons. The average molecular weight is 519 g/mol. The number of carbonyl (C=O) groups is 1. The van der Waals surface area contributed by atoms with Crippen molar-refractivity contribution in [1.29, 1.82) is 0 Å². The molecule has 0 spiro atoms. The minimum absolute atomic E-state index is 0.205. The van der Waals surface area contributed by atoms with Gasteiger partial charge in [0.15, 0.2) is 11.5 Å². The van der Waals surface area contributed by atoms with Gasteiger partial charge in [-0.15, -0.1) is 0 Å². The number of unbranched alkanes of at least 4 members (excludes halogenated alkanes) is 1. The molecular weight excluding hydrogens is 479 g/mol. The zero-order valence-electron chi connectivity index (χ0n) is 22.5. The van der Waals surface area contributed by atoms with Crippen molar-refractivity contribution in [3.63, 3.8) is 0 Å². The first kappa shape index (κ1) is 30.4. The molecule has 1 aromatic carbocycles. The van der Waals surface area contributed by atoms with Gasteiger partial charge >= 0.3 is 5.97 Å². The van der Waals surface area contributed by atoms with E-state index in [2.05, 4.69) is 16.3 Å². The zero-order valence-corrected chi connectivity index (χ0v) is 22.5. The summed E-state index contributed by atoms with van der Waals surface area (Å²) in [5.74, 6) is -1.79. The number of aliphatic hydroxyl groups excluding tert-OH is 1. The Morgan fingerprint density at radius 3 is 2.59 bits per heavy atom. The molecule has 3 atom stereocenters. The number of aryl methyl sites for hydroxylation is 1. The number of halogens is 1. The summed E-state index contributed by atoms with van der Waals surface area (Å²) in [6, 6.07) is 6.35. The Kier molecular flexibility index (Phi) is 11.2. The lowest BCUT2D eigenvalue weighted by molar-refractivity contribution is -0.155. The van der Waals surface area contributed by atoms with Crippen LogP contribution in [-0.2, 0) is 19.0 Å². The summed E-state index contributed by atoms with van der Waals surface area (Å²) >= 11 is 0. The van der Waals surface area contributed by atoms with Gasteiger partial charge in [-0.2, -0.15) is 0 Å². The van der Waals surface area contributed by atoms with Crippen molar-refractivity contribution in [3.8, 4) is 0 Å². The van der Waals surface area contributed by atoms with Gasteiger partial charge in [0.2, 0.25) is 0 Å². The lowest BCUT2D eigenvalue weighted by Crippen LogP contribution is -2.33. The summed E-state index contributed by atoms with van der Waals surface area (Å²) in [6.45, 7) is 11.0. The van der Waals surface area contributed by atoms with Crippen LogP contribution < -0.4 is 10.6 Å². The number of hydrogen-bond acceptors (Lipinski definition) is 7. The minimum Gasteiger partial charge on any atom is -0.464 e. The predicted molar refractivity (Wildman–Crippen MR) is 141 cm³/mol. The Labute approximate surface area is 217 Å². The third kappa shape index (κ3) is 8.33. The van der Waals surface area contributed by atoms with Gasteiger partial charge in [0, 0.05) is 30.1 Å². The molecule has 2 N–H and O–H groups in total. The van der Waals surface area contributed by atoms with Crippen LogP contribution in [0.2, 0.25) is 0 Å². The quantitative estimate of drug-likeness (QED) is 0.316. The molecule has 1 aliphatic rings. The first-order valence-electron chi connectivity index (χ1n) is 12.3. The summed E-state index contributed by atoms with van der Waals surface area (Å²) in [6.07, 6.45) is 4.87. The number of nitrogens with zero attached hydrogens (tertiary/aromatic N) is 2. The van der Waals surface area contributed by atoms with Crippen molar-refractivity contribution < 1.29 is 33.6 Å². The number of aromatic nitrogens is 1. The Hall–Kier alpha value is -2.85. The number of rotatable bonds is 8. The van der Waals surface area contributed by atoms with Crippen LogP contribution in [0.5, 0.6) is 0 Å². The van der Waals surface area contributed by atoms with Crippen LogP contribution >= 0.6 is 0 Å². The number of methoxy groups -OCH3 is 2. The van der Waals surface area contributed by atoms with E-state index in [1.165, 1.54) is 20.3 Å². The second-order valence-electron chi connectivity index (χ2n) is 9.33. The van der Waals surface area contributed by atoms with E-state index in [-0.39, 0.29) is 17.7 Å². The van der Waals surface area contributed by atoms with Gasteiger partial charge < -0.3 is 29.0 Å². The highest BCUT2D eigenvalue weighted by Crippen LogP contribution is 2.34. The summed E-state index contributed by atoms with van der Waals surface area (Å²) in [4.78, 5) is 16.5. The Bertz CT molecular complexity index is 1180. The summed E-state index contributed by atoms with van der Waals surface area (Å²) < 4.78 is 30.9. The molecule has 0 bridgehead atoms. The van der Waals surface area contributed by atoms with E-state index in [1.54, 1.807) is 51.4 Å². The number of aliphatic hydroxyl groups is 2. The van der Waals surface area contributed by atoms with Crippen molar-refractivity contribution >= 4 is 24.5 Å². The maximum Gasteiger partial charge on any atom is 0.357 e. The topological polar surface area (TPSA) is 103 Å². The molecule has 0 radical (unpaired) electrons. The number of benzene rings is 1. The Morgan fingerprint density at radius 2 is 2.03 bits per heavy atom. The fourth-order valence-corrected chi connectivity index (χ4v) is 3.73. The van der Waals surface area contributed by atoms with E-state index in [9.17, 15) is 14.3 Å². The van der Waals surface area contributed by atoms with Crippen LogP contribution in [0.3, 0.4) is 0 Å². The van der Waals surface area contributed by atoms with E-state index in [0.29, 0.717) is 34.5 Å². The number of aliphatic imine (C=N–C) groups is 1. The SMILES string of the molecule is C=c1/c(=C(\N=CCCC)C(=O)OC)ccn1C1CCC(C(O)c2ccc(F)c(C)c2)O1.COC(C)(C)O. The summed E-state index contributed by atoms with van der Waals surface area (Å²) in [5, 5.41) is 20.5. The van der Waals surface area contributed by atoms with Crippen LogP contribution in [-0.4, -0.2) is 53.1 Å². The standard InChI is InChI=1S/C24H29FN2O4.C4H10O2/c1-5-6-12-26-22(24(29)30-4)18-11-13-27(16(18)3)21-10-9-20(31-21)23(28)17-7-8-19(25)15(2)14-17;1-4(2,5)6-3/h7-8,11-14,20-21,23,28H,3,5-6,9-10H2,1-2,4H3;5H,1-3H3/b22-18-,26-12?;. The molecule has 9 heteroatoms. The first-order chi connectivity index (χ1) is 17.4. The van der Waals surface area contributed by atoms with Gasteiger partial charge in [-0.3, -0.25) is 4.99 Å². The van der Waals surface area contributed by atoms with Crippen LogP contribution in [0.1, 0.15) is 69.9 Å². The highest BCUT2D eigenvalue weighted by atomic mass is 19.1. The minimum atomic E-state index is -0.958. The molecule has 2 aromatic rings. The number of ether oxygens (including phenoxy) is 3. The van der Waals surface area contributed by atoms with Gasteiger partial charge in [0.25, 0.3) is 0 Å². The third-order valence-electron chi connectivity index (χ3n) is 6.01. The van der Waals surface area contributed by atoms with E-state index in [4.69, 9.17) is 14.6 Å². The second-order valence-corrected chi connectivity index (χ2v) is 9.33. The number of esters is 1. The van der Waals surface area contributed by atoms with Gasteiger partial charge in [-0.05, 0) is 63.3 Å². The highest BCUT2D eigenvalue weighted by molar-refractivity contribution is 6.10. The second kappa shape index (κ2) is 13.6. The number of carbonyl (C=O) groups excluding carboxylic acids is 1. The van der Waals surface area contributed by atoms with Gasteiger partial charge in [-0.1, -0.05) is 32.1 Å². The molecule has 3 rings (SSSR count). The molecule has 8 nitrogen and oxygen atoms in total. The molecular formula is C28H39FN2O6. The van der Waals surface area contributed by atoms with E-state index in [1.807, 2.05) is 11.5 Å². The molecule has 1 saturated heterocycles. The van der Waals surface area contributed by atoms with Crippen LogP contribution in [0.25, 0.3) is 12.3 Å². The highest BCUT2D eigenvalue weighted by Gasteiger charge is 2.33. The molecule has 0 saturated carbocycles. The van der Waals surface area contributed by atoms with Gasteiger partial charge in [-0.25, -0.2) is 9.18 Å². The first-order valence-corrected chi connectivity index (χ1v) is 12.3. The van der Waals surface area contributed by atoms with E-state index < -0.39 is 24.0 Å². The lowest BCUT2D eigenvalue weighted by Gasteiger charge is -2.21. The Morgan fingerprint density at radius 1 is 1.35 bits per heavy atom. The van der Waals surface area contributed by atoms with Crippen LogP contribution in [0.4, 0.5) is 4.39 Å². The molecule has 2 heterocycles. The molecule has 3 unspecified atom stereocenters. The van der Waals surface area contributed by atoms with E-state index in [0.717, 1.165) is 12.8 Å². The van der Waals surface area contributed by atoms with Gasteiger partial charge in [0.1, 0.15) is 18.1 Å². The fraction of sp³-hybridized carbons (Fsp3) is 0.500. The van der Waals surface area contributed by atoms with Crippen LogP contribution in [0, 0.1) is 12.7 Å². The average Bonchev–Trinajstić information content (AvgIpc) is 3.49. The predicted octanol–water partition coefficient (Wildman–Crippen LogP) is 3.27. The monoisotopic (exact) mass is 518 g/mol. The molecule has 1 aromatic heterocycles. The fourth-order valence-electron chi connectivity index (χ4n) is 3.73. The molecule has 0 aliphatic carbocycles. The van der Waals surface area contributed by atoms with Crippen molar-refractivity contribution in [2.24, 2.45) is 4.99 Å². The zero-order chi connectivity index (χ0) is 27.8. The van der Waals surface area contributed by atoms with E-state index >= 15 is 0 Å². The molecule has 0 amide bonds. The maximum atomic E-state index is 13.5. The smallest absolute Gasteiger partial charge is 0.357 e.